The monoisotopic (exact) mass is 498 g/mol. The molecule has 4 bridgehead atoms. The topological polar surface area (TPSA) is 68.2 Å². The molecule has 5 aliphatic rings. The zero-order valence-electron chi connectivity index (χ0n) is 19.9. The van der Waals surface area contributed by atoms with Gasteiger partial charge >= 0.3 is 5.97 Å². The van der Waals surface area contributed by atoms with E-state index in [1.165, 1.54) is 63.4 Å². The van der Waals surface area contributed by atoms with E-state index in [0.717, 1.165) is 59.8 Å². The number of carbonyl (C=O) groups excluding carboxylic acids is 1. The van der Waals surface area contributed by atoms with E-state index < -0.39 is 0 Å². The van der Waals surface area contributed by atoms with Gasteiger partial charge in [0.25, 0.3) is 0 Å². The molecule has 7 rings (SSSR count). The Morgan fingerprint density at radius 3 is 2.44 bits per heavy atom. The van der Waals surface area contributed by atoms with Crippen molar-refractivity contribution in [2.45, 2.75) is 82.6 Å². The van der Waals surface area contributed by atoms with Gasteiger partial charge in [0, 0.05) is 17.1 Å². The number of rotatable bonds is 4. The number of fused-ring (bicyclic) bond motifs is 1. The molecule has 0 unspecified atom stereocenters. The fraction of sp³-hybridized carbons (Fsp3) is 0.654. The van der Waals surface area contributed by atoms with Crippen molar-refractivity contribution in [2.24, 2.45) is 17.8 Å². The number of thiophene rings is 1. The highest BCUT2D eigenvalue weighted by Gasteiger charge is 2.52. The third-order valence-corrected chi connectivity index (χ3v) is 10.0. The summed E-state index contributed by atoms with van der Waals surface area (Å²) >= 11 is 7.30. The first-order chi connectivity index (χ1) is 16.5. The molecule has 2 aromatic heterocycles. The molecular weight excluding hydrogens is 464 g/mol. The largest absolute Gasteiger partial charge is 0.465 e. The Morgan fingerprint density at radius 1 is 1.09 bits per heavy atom. The molecule has 0 radical (unpaired) electrons. The van der Waals surface area contributed by atoms with Crippen LogP contribution in [0.15, 0.2) is 12.3 Å². The van der Waals surface area contributed by atoms with Crippen LogP contribution in [0.3, 0.4) is 0 Å². The van der Waals surface area contributed by atoms with Crippen LogP contribution >= 0.6 is 23.6 Å². The molecule has 34 heavy (non-hydrogen) atoms. The van der Waals surface area contributed by atoms with E-state index in [9.17, 15) is 4.79 Å². The number of nitrogens with zero attached hydrogens (tertiary/aromatic N) is 2. The predicted octanol–water partition coefficient (Wildman–Crippen LogP) is 6.12. The zero-order chi connectivity index (χ0) is 23.3. The average molecular weight is 499 g/mol. The Labute approximate surface area is 210 Å². The van der Waals surface area contributed by atoms with Gasteiger partial charge in [0.2, 0.25) is 0 Å². The molecule has 4 fully saturated rings. The molecule has 0 aliphatic heterocycles. The van der Waals surface area contributed by atoms with Gasteiger partial charge in [-0.2, -0.15) is 5.10 Å². The summed E-state index contributed by atoms with van der Waals surface area (Å²) in [6.45, 7) is 0. The number of hydrogen-bond acceptors (Lipinski definition) is 5. The van der Waals surface area contributed by atoms with E-state index in [2.05, 4.69) is 21.5 Å². The highest BCUT2D eigenvalue weighted by molar-refractivity contribution is 7.80. The van der Waals surface area contributed by atoms with Gasteiger partial charge in [0.05, 0.1) is 18.2 Å². The molecule has 6 nitrogen and oxygen atoms in total. The lowest BCUT2D eigenvalue weighted by molar-refractivity contribution is -0.0492. The second kappa shape index (κ2) is 8.94. The normalized spacial score (nSPS) is 29.7. The Balaban J connectivity index is 1.19. The summed E-state index contributed by atoms with van der Waals surface area (Å²) in [5, 5.41) is 12.8. The van der Waals surface area contributed by atoms with E-state index in [0.29, 0.717) is 10.7 Å². The highest BCUT2D eigenvalue weighted by atomic mass is 32.1. The van der Waals surface area contributed by atoms with Crippen LogP contribution in [0.25, 0.3) is 0 Å². The summed E-state index contributed by atoms with van der Waals surface area (Å²) in [5.74, 6) is 3.12. The molecule has 2 aromatic rings. The minimum absolute atomic E-state index is 0.200. The first-order valence-corrected chi connectivity index (χ1v) is 14.1. The van der Waals surface area contributed by atoms with Gasteiger partial charge in [-0.3, -0.25) is 4.68 Å². The van der Waals surface area contributed by atoms with E-state index in [1.54, 1.807) is 11.3 Å². The second-order valence-corrected chi connectivity index (χ2v) is 12.5. The van der Waals surface area contributed by atoms with Crippen molar-refractivity contribution in [3.05, 3.63) is 28.3 Å². The minimum Gasteiger partial charge on any atom is -0.465 e. The van der Waals surface area contributed by atoms with Gasteiger partial charge in [-0.25, -0.2) is 4.79 Å². The number of aromatic nitrogens is 2. The predicted molar refractivity (Wildman–Crippen MR) is 140 cm³/mol. The fourth-order valence-electron chi connectivity index (χ4n) is 7.58. The van der Waals surface area contributed by atoms with Crippen LogP contribution in [0.4, 0.5) is 10.8 Å². The maximum atomic E-state index is 12.7. The lowest BCUT2D eigenvalue weighted by Gasteiger charge is -2.56. The zero-order valence-corrected chi connectivity index (χ0v) is 21.5. The first kappa shape index (κ1) is 22.5. The lowest BCUT2D eigenvalue weighted by atomic mass is 9.53. The third-order valence-electron chi connectivity index (χ3n) is 8.61. The van der Waals surface area contributed by atoms with Crippen LogP contribution in [0.1, 0.15) is 85.0 Å². The third kappa shape index (κ3) is 4.06. The van der Waals surface area contributed by atoms with Crippen LogP contribution in [0, 0.1) is 17.8 Å². The summed E-state index contributed by atoms with van der Waals surface area (Å²) in [6.07, 6.45) is 16.9. The van der Waals surface area contributed by atoms with Crippen molar-refractivity contribution in [1.82, 2.24) is 9.78 Å². The van der Waals surface area contributed by atoms with Gasteiger partial charge in [0.15, 0.2) is 10.9 Å². The standard InChI is InChI=1S/C26H34N4O2S2/c1-32-24(31)22-19-6-4-2-3-5-7-20(19)34-23(22)28-25(33)27-21-8-9-30(29-21)26-13-16-10-17(14-26)12-18(11-16)15-26/h8-9,16-18H,2-7,10-15H2,1H3,(H2,27,28,29,33). The summed E-state index contributed by atoms with van der Waals surface area (Å²) in [5.41, 5.74) is 2.01. The van der Waals surface area contributed by atoms with Crippen molar-refractivity contribution in [3.8, 4) is 0 Å². The number of nitrogens with one attached hydrogen (secondary N) is 2. The van der Waals surface area contributed by atoms with Gasteiger partial charge in [-0.05, 0) is 99.7 Å². The summed E-state index contributed by atoms with van der Waals surface area (Å²) < 4.78 is 7.38. The number of methoxy groups -OCH3 is 1. The molecule has 0 aromatic carbocycles. The van der Waals surface area contributed by atoms with Crippen LogP contribution in [-0.4, -0.2) is 28.0 Å². The number of hydrogen-bond donors (Lipinski definition) is 2. The number of thiocarbonyl (C=S) groups is 1. The van der Waals surface area contributed by atoms with E-state index >= 15 is 0 Å². The Kier molecular flexibility index (Phi) is 5.92. The van der Waals surface area contributed by atoms with Crippen molar-refractivity contribution >= 4 is 45.5 Å². The van der Waals surface area contributed by atoms with Gasteiger partial charge in [-0.1, -0.05) is 12.8 Å². The number of anilines is 2. The Bertz CT molecular complexity index is 1070. The smallest absolute Gasteiger partial charge is 0.341 e. The molecular formula is C26H34N4O2S2. The van der Waals surface area contributed by atoms with Crippen molar-refractivity contribution in [3.63, 3.8) is 0 Å². The van der Waals surface area contributed by atoms with E-state index in [-0.39, 0.29) is 11.5 Å². The maximum absolute atomic E-state index is 12.7. The Hall–Kier alpha value is -1.93. The summed E-state index contributed by atoms with van der Waals surface area (Å²) in [4.78, 5) is 14.0. The summed E-state index contributed by atoms with van der Waals surface area (Å²) in [7, 11) is 1.45. The molecule has 4 saturated carbocycles. The quantitative estimate of drug-likeness (QED) is 0.391. The maximum Gasteiger partial charge on any atom is 0.341 e. The molecule has 0 atom stereocenters. The van der Waals surface area contributed by atoms with Crippen LogP contribution in [0.5, 0.6) is 0 Å². The highest BCUT2D eigenvalue weighted by Crippen LogP contribution is 2.58. The van der Waals surface area contributed by atoms with E-state index in [1.807, 2.05) is 6.07 Å². The number of carbonyl (C=O) groups is 1. The minimum atomic E-state index is -0.283. The molecule has 8 heteroatoms. The average Bonchev–Trinajstić information content (AvgIpc) is 3.37. The van der Waals surface area contributed by atoms with Crippen LogP contribution in [0.2, 0.25) is 0 Å². The molecule has 0 amide bonds. The fourth-order valence-corrected chi connectivity index (χ4v) is 9.13. The number of esters is 1. The molecule has 0 saturated heterocycles. The first-order valence-electron chi connectivity index (χ1n) is 12.9. The second-order valence-electron chi connectivity index (χ2n) is 11.0. The number of aryl methyl sites for hydroxylation is 1. The van der Waals surface area contributed by atoms with Crippen molar-refractivity contribution < 1.29 is 9.53 Å². The molecule has 2 N–H and O–H groups in total. The molecule has 2 heterocycles. The summed E-state index contributed by atoms with van der Waals surface area (Å²) in [6, 6.07) is 2.03. The van der Waals surface area contributed by atoms with Crippen molar-refractivity contribution in [1.29, 1.82) is 0 Å². The van der Waals surface area contributed by atoms with Crippen LogP contribution < -0.4 is 10.6 Å². The SMILES string of the molecule is COC(=O)c1c(NC(=S)Nc2ccn(C34CC5CC(CC(C5)C3)C4)n2)sc2c1CCCCCC2. The van der Waals surface area contributed by atoms with Gasteiger partial charge in [-0.15, -0.1) is 11.3 Å². The van der Waals surface area contributed by atoms with Crippen molar-refractivity contribution in [2.75, 3.05) is 17.7 Å². The molecule has 0 spiro atoms. The van der Waals surface area contributed by atoms with E-state index in [4.69, 9.17) is 22.1 Å². The van der Waals surface area contributed by atoms with Crippen LogP contribution in [-0.2, 0) is 23.1 Å². The number of ether oxygens (including phenoxy) is 1. The van der Waals surface area contributed by atoms with Gasteiger partial charge < -0.3 is 15.4 Å². The van der Waals surface area contributed by atoms with Gasteiger partial charge in [0.1, 0.15) is 5.00 Å². The Morgan fingerprint density at radius 2 is 1.76 bits per heavy atom. The molecule has 5 aliphatic carbocycles. The molecule has 182 valence electrons. The lowest BCUT2D eigenvalue weighted by Crippen LogP contribution is -2.52.